The Hall–Kier alpha value is -3.17. The lowest BCUT2D eigenvalue weighted by molar-refractivity contribution is -0.120. The van der Waals surface area contributed by atoms with Crippen LogP contribution in [0.2, 0.25) is 0 Å². The average Bonchev–Trinajstić information content (AvgIpc) is 2.80. The molecular weight excluding hydrogens is 430 g/mol. The highest BCUT2D eigenvalue weighted by Gasteiger charge is 2.33. The summed E-state index contributed by atoms with van der Waals surface area (Å²) in [5.74, 6) is 0.0759. The van der Waals surface area contributed by atoms with Gasteiger partial charge < -0.3 is 15.0 Å². The number of aromatic nitrogens is 1. The number of nitrogens with one attached hydrogen (secondary N) is 2. The molecule has 2 N–H and O–H groups in total. The van der Waals surface area contributed by atoms with Crippen molar-refractivity contribution in [3.63, 3.8) is 0 Å². The maximum Gasteiger partial charge on any atom is 0.248 e. The van der Waals surface area contributed by atoms with Crippen molar-refractivity contribution >= 4 is 32.5 Å². The summed E-state index contributed by atoms with van der Waals surface area (Å²) >= 11 is 0. The van der Waals surface area contributed by atoms with Gasteiger partial charge >= 0.3 is 0 Å². The monoisotopic (exact) mass is 455 g/mol. The first-order valence-electron chi connectivity index (χ1n) is 10.5. The smallest absolute Gasteiger partial charge is 0.248 e. The van der Waals surface area contributed by atoms with Crippen LogP contribution < -0.4 is 15.6 Å². The first kappa shape index (κ1) is 22.0. The third-order valence-electron chi connectivity index (χ3n) is 5.52. The van der Waals surface area contributed by atoms with Crippen LogP contribution in [0.4, 0.5) is 5.69 Å². The molecule has 1 atom stereocenters. The molecule has 168 valence electrons. The normalized spacial score (nSPS) is 17.2. The number of pyridine rings is 1. The van der Waals surface area contributed by atoms with Crippen LogP contribution in [0.3, 0.4) is 0 Å². The van der Waals surface area contributed by atoms with Crippen LogP contribution in [0, 0.1) is 5.92 Å². The molecule has 32 heavy (non-hydrogen) atoms. The lowest BCUT2D eigenvalue weighted by atomic mass is 9.99. The van der Waals surface area contributed by atoms with E-state index < -0.39 is 15.9 Å². The molecule has 0 unspecified atom stereocenters. The molecule has 1 saturated heterocycles. The van der Waals surface area contributed by atoms with Crippen LogP contribution in [0.5, 0.6) is 5.75 Å². The molecule has 0 saturated carbocycles. The first-order chi connectivity index (χ1) is 15.4. The molecular formula is C23H25N3O5S. The van der Waals surface area contributed by atoms with Crippen molar-refractivity contribution in [3.8, 4) is 5.75 Å². The first-order valence-corrected chi connectivity index (χ1v) is 12.0. The maximum atomic E-state index is 13.2. The van der Waals surface area contributed by atoms with Gasteiger partial charge in [-0.25, -0.2) is 8.42 Å². The number of H-pyrrole nitrogens is 1. The number of fused-ring (bicyclic) bond motifs is 1. The molecule has 8 nitrogen and oxygen atoms in total. The highest BCUT2D eigenvalue weighted by atomic mass is 32.2. The third-order valence-corrected chi connectivity index (χ3v) is 7.38. The predicted molar refractivity (Wildman–Crippen MR) is 122 cm³/mol. The molecule has 1 aromatic heterocycles. The zero-order valence-corrected chi connectivity index (χ0v) is 18.5. The Morgan fingerprint density at radius 2 is 1.94 bits per heavy atom. The molecule has 0 bridgehead atoms. The summed E-state index contributed by atoms with van der Waals surface area (Å²) in [6.07, 6.45) is 1.22. The van der Waals surface area contributed by atoms with E-state index in [-0.39, 0.29) is 22.9 Å². The van der Waals surface area contributed by atoms with Crippen molar-refractivity contribution in [1.29, 1.82) is 0 Å². The van der Waals surface area contributed by atoms with Crippen molar-refractivity contribution < 1.29 is 17.9 Å². The number of rotatable bonds is 6. The van der Waals surface area contributed by atoms with E-state index in [9.17, 15) is 18.0 Å². The van der Waals surface area contributed by atoms with Crippen LogP contribution in [0.1, 0.15) is 19.8 Å². The number of ether oxygens (including phenoxy) is 1. The number of piperidine rings is 1. The summed E-state index contributed by atoms with van der Waals surface area (Å²) in [5.41, 5.74) is 0.968. The number of sulfonamides is 1. The van der Waals surface area contributed by atoms with E-state index in [2.05, 4.69) is 10.3 Å². The van der Waals surface area contributed by atoms with E-state index in [0.29, 0.717) is 42.6 Å². The average molecular weight is 456 g/mol. The fourth-order valence-corrected chi connectivity index (χ4v) is 5.42. The van der Waals surface area contributed by atoms with Crippen LogP contribution in [0.15, 0.2) is 64.3 Å². The Kier molecular flexibility index (Phi) is 6.29. The van der Waals surface area contributed by atoms with Crippen molar-refractivity contribution in [1.82, 2.24) is 9.29 Å². The number of hydrogen-bond donors (Lipinski definition) is 2. The second kappa shape index (κ2) is 9.13. The molecule has 1 aliphatic rings. The molecule has 0 radical (unpaired) electrons. The van der Waals surface area contributed by atoms with Crippen LogP contribution >= 0.6 is 0 Å². The van der Waals surface area contributed by atoms with E-state index in [0.717, 1.165) is 5.75 Å². The van der Waals surface area contributed by atoms with Crippen molar-refractivity contribution in [2.45, 2.75) is 24.7 Å². The topological polar surface area (TPSA) is 109 Å². The highest BCUT2D eigenvalue weighted by Crippen LogP contribution is 2.26. The van der Waals surface area contributed by atoms with E-state index in [1.807, 2.05) is 6.92 Å². The van der Waals surface area contributed by atoms with Crippen LogP contribution in [-0.2, 0) is 14.8 Å². The number of carbonyl (C=O) groups is 1. The van der Waals surface area contributed by atoms with Gasteiger partial charge in [0, 0.05) is 30.4 Å². The number of aromatic amines is 1. The molecule has 2 aromatic carbocycles. The second-order valence-electron chi connectivity index (χ2n) is 7.72. The quantitative estimate of drug-likeness (QED) is 0.594. The van der Waals surface area contributed by atoms with Gasteiger partial charge in [-0.3, -0.25) is 9.59 Å². The molecule has 4 rings (SSSR count). The number of hydrogen-bond acceptors (Lipinski definition) is 5. The number of anilines is 1. The second-order valence-corrected chi connectivity index (χ2v) is 9.66. The van der Waals surface area contributed by atoms with Gasteiger partial charge in [0.15, 0.2) is 0 Å². The summed E-state index contributed by atoms with van der Waals surface area (Å²) in [4.78, 5) is 27.1. The Labute approximate surface area is 186 Å². The molecule has 1 amide bonds. The molecule has 0 spiro atoms. The fraction of sp³-hybridized carbons (Fsp3) is 0.304. The largest absolute Gasteiger partial charge is 0.494 e. The lowest BCUT2D eigenvalue weighted by Crippen LogP contribution is -2.43. The molecule has 0 aliphatic carbocycles. The maximum absolute atomic E-state index is 13.2. The number of amides is 1. The Balaban J connectivity index is 1.48. The molecule has 2 heterocycles. The van der Waals surface area contributed by atoms with E-state index in [1.165, 1.54) is 16.4 Å². The van der Waals surface area contributed by atoms with E-state index >= 15 is 0 Å². The zero-order valence-electron chi connectivity index (χ0n) is 17.7. The summed E-state index contributed by atoms with van der Waals surface area (Å²) in [7, 11) is -3.77. The lowest BCUT2D eigenvalue weighted by Gasteiger charge is -2.31. The minimum Gasteiger partial charge on any atom is -0.494 e. The summed E-state index contributed by atoms with van der Waals surface area (Å²) in [5, 5.41) is 3.50. The van der Waals surface area contributed by atoms with Crippen molar-refractivity contribution in [2.75, 3.05) is 25.0 Å². The standard InChI is InChI=1S/C23H25N3O5S/c1-2-31-19-8-6-18(7-9-19)24-23(28)17-4-3-13-26(15-17)32(29,30)20-10-11-21-16(14-20)5-12-22(27)25-21/h5-12,14,17H,2-4,13,15H2,1H3,(H,24,28)(H,25,27)/t17-/m1/s1. The molecule has 1 aliphatic heterocycles. The summed E-state index contributed by atoms with van der Waals surface area (Å²) < 4.78 is 33.2. The summed E-state index contributed by atoms with van der Waals surface area (Å²) in [6.45, 7) is 2.94. The van der Waals surface area contributed by atoms with Crippen molar-refractivity contribution in [2.24, 2.45) is 5.92 Å². The molecule has 3 aromatic rings. The summed E-state index contributed by atoms with van der Waals surface area (Å²) in [6, 6.07) is 14.7. The predicted octanol–water partition coefficient (Wildman–Crippen LogP) is 2.97. The van der Waals surface area contributed by atoms with E-state index in [1.54, 1.807) is 42.5 Å². The van der Waals surface area contributed by atoms with Gasteiger partial charge in [-0.05, 0) is 73.7 Å². The Morgan fingerprint density at radius 3 is 2.69 bits per heavy atom. The van der Waals surface area contributed by atoms with E-state index in [4.69, 9.17) is 4.74 Å². The van der Waals surface area contributed by atoms with Gasteiger partial charge in [0.1, 0.15) is 5.75 Å². The van der Waals surface area contributed by atoms with Gasteiger partial charge in [-0.2, -0.15) is 4.31 Å². The zero-order chi connectivity index (χ0) is 22.7. The fourth-order valence-electron chi connectivity index (χ4n) is 3.86. The van der Waals surface area contributed by atoms with Crippen LogP contribution in [0.25, 0.3) is 10.9 Å². The van der Waals surface area contributed by atoms with Crippen LogP contribution in [-0.4, -0.2) is 43.3 Å². The number of nitrogens with zero attached hydrogens (tertiary/aromatic N) is 1. The minimum atomic E-state index is -3.77. The molecule has 9 heteroatoms. The Morgan fingerprint density at radius 1 is 1.16 bits per heavy atom. The third kappa shape index (κ3) is 4.68. The SMILES string of the molecule is CCOc1ccc(NC(=O)[C@@H]2CCCN(S(=O)(=O)c3ccc4[nH]c(=O)ccc4c3)C2)cc1. The van der Waals surface area contributed by atoms with Crippen molar-refractivity contribution in [3.05, 3.63) is 65.0 Å². The minimum absolute atomic E-state index is 0.120. The number of benzene rings is 2. The van der Waals surface area contributed by atoms with Gasteiger partial charge in [-0.15, -0.1) is 0 Å². The highest BCUT2D eigenvalue weighted by molar-refractivity contribution is 7.89. The van der Waals surface area contributed by atoms with Gasteiger partial charge in [0.2, 0.25) is 21.5 Å². The van der Waals surface area contributed by atoms with Gasteiger partial charge in [0.05, 0.1) is 17.4 Å². The van der Waals surface area contributed by atoms with Gasteiger partial charge in [-0.1, -0.05) is 0 Å². The molecule has 1 fully saturated rings. The van der Waals surface area contributed by atoms with Gasteiger partial charge in [0.25, 0.3) is 0 Å². The number of carbonyl (C=O) groups excluding carboxylic acids is 1. The Bertz CT molecular complexity index is 1280.